The summed E-state index contributed by atoms with van der Waals surface area (Å²) in [6, 6.07) is 15.0. The van der Waals surface area contributed by atoms with Gasteiger partial charge in [-0.1, -0.05) is 29.5 Å². The van der Waals surface area contributed by atoms with E-state index in [0.29, 0.717) is 16.4 Å². The molecule has 1 aliphatic heterocycles. The topological polar surface area (TPSA) is 92.9 Å². The maximum Gasteiger partial charge on any atom is 0.296 e. The molecule has 1 N–H and O–H groups in total. The number of aliphatic hydroxyl groups excluding tert-OH is 1. The molecule has 2 aromatic carbocycles. The predicted octanol–water partition coefficient (Wildman–Crippen LogP) is 4.99. The minimum Gasteiger partial charge on any atom is -0.503 e. The zero-order valence-corrected chi connectivity index (χ0v) is 18.1. The quantitative estimate of drug-likeness (QED) is 0.434. The highest BCUT2D eigenvalue weighted by atomic mass is 32.1. The Bertz CT molecular complexity index is 1370. The Kier molecular flexibility index (Phi) is 4.79. The Balaban J connectivity index is 1.67. The molecule has 7 nitrogen and oxygen atoms in total. The summed E-state index contributed by atoms with van der Waals surface area (Å²) in [4.78, 5) is 32.4. The van der Waals surface area contributed by atoms with Gasteiger partial charge >= 0.3 is 0 Å². The van der Waals surface area contributed by atoms with Gasteiger partial charge in [-0.3, -0.25) is 14.5 Å². The molecular weight excluding hydrogens is 428 g/mol. The second-order valence-electron chi connectivity index (χ2n) is 7.39. The second kappa shape index (κ2) is 7.65. The molecule has 0 unspecified atom stereocenters. The minimum absolute atomic E-state index is 0.0413. The van der Waals surface area contributed by atoms with Crippen LogP contribution in [0.25, 0.3) is 10.2 Å². The van der Waals surface area contributed by atoms with Crippen LogP contribution in [0.4, 0.5) is 5.13 Å². The summed E-state index contributed by atoms with van der Waals surface area (Å²) in [6.07, 6.45) is 1.37. The highest BCUT2D eigenvalue weighted by Gasteiger charge is 2.46. The first kappa shape index (κ1) is 20.0. The van der Waals surface area contributed by atoms with Gasteiger partial charge in [-0.25, -0.2) is 4.98 Å². The second-order valence-corrected chi connectivity index (χ2v) is 8.40. The monoisotopic (exact) mass is 446 g/mol. The third kappa shape index (κ3) is 3.16. The molecule has 160 valence electrons. The molecule has 2 aromatic heterocycles. The van der Waals surface area contributed by atoms with E-state index >= 15 is 0 Å². The first-order valence-corrected chi connectivity index (χ1v) is 10.7. The van der Waals surface area contributed by atoms with E-state index < -0.39 is 23.5 Å². The normalized spacial score (nSPS) is 16.2. The van der Waals surface area contributed by atoms with Crippen molar-refractivity contribution >= 4 is 38.4 Å². The summed E-state index contributed by atoms with van der Waals surface area (Å²) in [7, 11) is 1.56. The molecule has 1 aliphatic rings. The van der Waals surface area contributed by atoms with Crippen LogP contribution in [0.5, 0.6) is 5.75 Å². The number of amides is 1. The summed E-state index contributed by atoms with van der Waals surface area (Å²) >= 11 is 1.33. The number of ketones is 1. The van der Waals surface area contributed by atoms with Gasteiger partial charge in [0.1, 0.15) is 5.75 Å². The van der Waals surface area contributed by atoms with Gasteiger partial charge < -0.3 is 14.3 Å². The molecule has 0 spiro atoms. The SMILES string of the molecule is COc1ccc([C@@H]2C(C(=O)c3ccco3)=C(O)C(=O)N2c2nc3ccc(C)cc3s2)cc1. The molecule has 0 saturated carbocycles. The highest BCUT2D eigenvalue weighted by molar-refractivity contribution is 7.22. The van der Waals surface area contributed by atoms with Gasteiger partial charge in [0.05, 0.1) is 35.2 Å². The number of hydrogen-bond acceptors (Lipinski definition) is 7. The lowest BCUT2D eigenvalue weighted by atomic mass is 9.95. The molecule has 1 atom stereocenters. The van der Waals surface area contributed by atoms with Crippen molar-refractivity contribution in [3.05, 3.63) is 89.1 Å². The maximum absolute atomic E-state index is 13.2. The maximum atomic E-state index is 13.2. The van der Waals surface area contributed by atoms with Crippen LogP contribution in [0.2, 0.25) is 0 Å². The van der Waals surface area contributed by atoms with Crippen LogP contribution in [0.15, 0.2) is 76.6 Å². The van der Waals surface area contributed by atoms with Crippen molar-refractivity contribution in [2.75, 3.05) is 12.0 Å². The van der Waals surface area contributed by atoms with Crippen LogP contribution < -0.4 is 9.64 Å². The number of hydrogen-bond donors (Lipinski definition) is 1. The number of furan rings is 1. The third-order valence-electron chi connectivity index (χ3n) is 5.37. The van der Waals surface area contributed by atoms with Crippen molar-refractivity contribution < 1.29 is 23.8 Å². The summed E-state index contributed by atoms with van der Waals surface area (Å²) < 4.78 is 11.4. The number of fused-ring (bicyclic) bond motifs is 1. The number of Topliss-reactive ketones (excluding diaryl/α,β-unsaturated/α-hetero) is 1. The van der Waals surface area contributed by atoms with E-state index in [1.54, 1.807) is 37.4 Å². The average molecular weight is 446 g/mol. The molecule has 0 bridgehead atoms. The first-order chi connectivity index (χ1) is 15.5. The minimum atomic E-state index is -0.868. The number of anilines is 1. The number of rotatable bonds is 5. The van der Waals surface area contributed by atoms with Gasteiger partial charge in [-0.15, -0.1) is 0 Å². The average Bonchev–Trinajstić information content (AvgIpc) is 3.52. The molecule has 3 heterocycles. The lowest BCUT2D eigenvalue weighted by Gasteiger charge is -2.24. The molecule has 0 aliphatic carbocycles. The van der Waals surface area contributed by atoms with E-state index in [4.69, 9.17) is 9.15 Å². The van der Waals surface area contributed by atoms with Gasteiger partial charge in [0.2, 0.25) is 5.78 Å². The number of nitrogens with zero attached hydrogens (tertiary/aromatic N) is 2. The fraction of sp³-hybridized carbons (Fsp3) is 0.125. The molecule has 0 saturated heterocycles. The van der Waals surface area contributed by atoms with Gasteiger partial charge in [0.25, 0.3) is 5.91 Å². The Morgan fingerprint density at radius 1 is 1.19 bits per heavy atom. The number of aromatic nitrogens is 1. The number of aliphatic hydroxyl groups is 1. The van der Waals surface area contributed by atoms with E-state index in [-0.39, 0.29) is 11.3 Å². The van der Waals surface area contributed by atoms with Gasteiger partial charge in [0.15, 0.2) is 16.7 Å². The van der Waals surface area contributed by atoms with Crippen LogP contribution >= 0.6 is 11.3 Å². The summed E-state index contributed by atoms with van der Waals surface area (Å²) in [5.74, 6) is -1.17. The number of carbonyl (C=O) groups is 2. The van der Waals surface area contributed by atoms with Crippen LogP contribution in [-0.2, 0) is 4.79 Å². The Hall–Kier alpha value is -3.91. The molecule has 0 fully saturated rings. The van der Waals surface area contributed by atoms with E-state index in [1.165, 1.54) is 28.6 Å². The van der Waals surface area contributed by atoms with E-state index in [0.717, 1.165) is 15.8 Å². The highest BCUT2D eigenvalue weighted by Crippen LogP contribution is 2.44. The van der Waals surface area contributed by atoms with Crippen LogP contribution in [0.1, 0.15) is 27.7 Å². The van der Waals surface area contributed by atoms with Crippen LogP contribution in [-0.4, -0.2) is 28.9 Å². The van der Waals surface area contributed by atoms with Gasteiger partial charge in [0, 0.05) is 0 Å². The number of ether oxygens (including phenoxy) is 1. The number of thiazole rings is 1. The summed E-state index contributed by atoms with van der Waals surface area (Å²) in [5.41, 5.74) is 2.39. The van der Waals surface area contributed by atoms with E-state index in [9.17, 15) is 14.7 Å². The number of carbonyl (C=O) groups excluding carboxylic acids is 2. The van der Waals surface area contributed by atoms with Crippen molar-refractivity contribution in [1.29, 1.82) is 0 Å². The predicted molar refractivity (Wildman–Crippen MR) is 120 cm³/mol. The molecule has 1 amide bonds. The molecule has 8 heteroatoms. The summed E-state index contributed by atoms with van der Waals surface area (Å²) in [6.45, 7) is 1.98. The molecule has 0 radical (unpaired) electrons. The van der Waals surface area contributed by atoms with Crippen molar-refractivity contribution in [3.8, 4) is 5.75 Å². The Morgan fingerprint density at radius 2 is 1.97 bits per heavy atom. The van der Waals surface area contributed by atoms with Crippen molar-refractivity contribution in [3.63, 3.8) is 0 Å². The zero-order chi connectivity index (χ0) is 22.4. The fourth-order valence-electron chi connectivity index (χ4n) is 3.80. The van der Waals surface area contributed by atoms with Crippen molar-refractivity contribution in [2.45, 2.75) is 13.0 Å². The van der Waals surface area contributed by atoms with E-state index in [1.807, 2.05) is 25.1 Å². The van der Waals surface area contributed by atoms with Gasteiger partial charge in [-0.2, -0.15) is 0 Å². The number of methoxy groups -OCH3 is 1. The van der Waals surface area contributed by atoms with Crippen molar-refractivity contribution in [2.24, 2.45) is 0 Å². The molecule has 4 aromatic rings. The largest absolute Gasteiger partial charge is 0.503 e. The standard InChI is InChI=1S/C24H18N2O5S/c1-13-5-10-16-18(12-13)32-24(25-16)26-20(14-6-8-15(30-2)9-7-14)19(22(28)23(26)29)21(27)17-4-3-11-31-17/h3-12,20,28H,1-2H3/t20-/m1/s1. The van der Waals surface area contributed by atoms with Crippen LogP contribution in [0.3, 0.4) is 0 Å². The third-order valence-corrected chi connectivity index (χ3v) is 6.39. The Morgan fingerprint density at radius 3 is 2.66 bits per heavy atom. The summed E-state index contributed by atoms with van der Waals surface area (Å²) in [5, 5.41) is 11.2. The van der Waals surface area contributed by atoms with Gasteiger partial charge in [-0.05, 0) is 54.4 Å². The van der Waals surface area contributed by atoms with Crippen LogP contribution in [0, 0.1) is 6.92 Å². The lowest BCUT2D eigenvalue weighted by Crippen LogP contribution is -2.30. The fourth-order valence-corrected chi connectivity index (χ4v) is 4.89. The Labute approximate surface area is 187 Å². The number of benzene rings is 2. The first-order valence-electron chi connectivity index (χ1n) is 9.84. The molecule has 5 rings (SSSR count). The van der Waals surface area contributed by atoms with Crippen molar-refractivity contribution in [1.82, 2.24) is 4.98 Å². The zero-order valence-electron chi connectivity index (χ0n) is 17.2. The van der Waals surface area contributed by atoms with E-state index in [2.05, 4.69) is 4.98 Å². The lowest BCUT2D eigenvalue weighted by molar-refractivity contribution is -0.117. The molecule has 32 heavy (non-hydrogen) atoms. The smallest absolute Gasteiger partial charge is 0.296 e. The number of aryl methyl sites for hydroxylation is 1. The molecular formula is C24H18N2O5S.